The first kappa shape index (κ1) is 15.6. The number of hydrogen-bond donors (Lipinski definition) is 1. The Bertz CT molecular complexity index is 628. The molecule has 1 saturated heterocycles. The first-order valence-corrected chi connectivity index (χ1v) is 8.41. The van der Waals surface area contributed by atoms with Gasteiger partial charge in [0.05, 0.1) is 0 Å². The molecule has 0 aromatic heterocycles. The molecule has 0 radical (unpaired) electrons. The van der Waals surface area contributed by atoms with Crippen LogP contribution in [0.2, 0.25) is 0 Å². The van der Waals surface area contributed by atoms with E-state index in [4.69, 9.17) is 5.73 Å². The average molecular weight is 308 g/mol. The van der Waals surface area contributed by atoms with Crippen molar-refractivity contribution in [2.45, 2.75) is 25.7 Å². The van der Waals surface area contributed by atoms with Crippen molar-refractivity contribution in [3.8, 4) is 0 Å². The lowest BCUT2D eigenvalue weighted by atomic mass is 9.90. The number of nitrogens with two attached hydrogens (primary N) is 1. The molecule has 0 bridgehead atoms. The molecule has 1 fully saturated rings. The number of anilines is 1. The number of rotatable bonds is 4. The zero-order valence-corrected chi connectivity index (χ0v) is 13.4. The van der Waals surface area contributed by atoms with Gasteiger partial charge in [-0.25, -0.2) is 0 Å². The third-order valence-corrected chi connectivity index (χ3v) is 4.74. The van der Waals surface area contributed by atoms with Crippen LogP contribution in [0.3, 0.4) is 0 Å². The van der Waals surface area contributed by atoms with Crippen molar-refractivity contribution in [3.63, 3.8) is 0 Å². The van der Waals surface area contributed by atoms with E-state index < -0.39 is 0 Å². The van der Waals surface area contributed by atoms with E-state index in [1.807, 2.05) is 17.0 Å². The summed E-state index contributed by atoms with van der Waals surface area (Å²) >= 11 is 0. The second kappa shape index (κ2) is 7.32. The Morgan fingerprint density at radius 2 is 1.65 bits per heavy atom. The monoisotopic (exact) mass is 308 g/mol. The molecule has 3 rings (SSSR count). The molecule has 0 unspecified atom stereocenters. The van der Waals surface area contributed by atoms with Crippen molar-refractivity contribution in [2.24, 2.45) is 5.92 Å². The van der Waals surface area contributed by atoms with Gasteiger partial charge >= 0.3 is 0 Å². The van der Waals surface area contributed by atoms with Crippen molar-refractivity contribution in [2.75, 3.05) is 18.8 Å². The van der Waals surface area contributed by atoms with E-state index in [0.29, 0.717) is 5.69 Å². The maximum absolute atomic E-state index is 12.5. The lowest BCUT2D eigenvalue weighted by molar-refractivity contribution is 0.0687. The summed E-state index contributed by atoms with van der Waals surface area (Å²) in [6, 6.07) is 17.9. The van der Waals surface area contributed by atoms with Gasteiger partial charge in [-0.3, -0.25) is 4.79 Å². The highest BCUT2D eigenvalue weighted by molar-refractivity contribution is 5.94. The number of likely N-dealkylation sites (tertiary alicyclic amines) is 1. The Labute approximate surface area is 138 Å². The number of carbonyl (C=O) groups is 1. The van der Waals surface area contributed by atoms with Gasteiger partial charge in [-0.1, -0.05) is 30.3 Å². The number of benzene rings is 2. The Morgan fingerprint density at radius 3 is 2.30 bits per heavy atom. The van der Waals surface area contributed by atoms with E-state index in [1.54, 1.807) is 12.1 Å². The van der Waals surface area contributed by atoms with Crippen molar-refractivity contribution >= 4 is 11.6 Å². The minimum atomic E-state index is 0.131. The quantitative estimate of drug-likeness (QED) is 0.874. The zero-order valence-electron chi connectivity index (χ0n) is 13.4. The minimum absolute atomic E-state index is 0.131. The molecule has 23 heavy (non-hydrogen) atoms. The summed E-state index contributed by atoms with van der Waals surface area (Å²) < 4.78 is 0. The smallest absolute Gasteiger partial charge is 0.253 e. The molecule has 0 atom stereocenters. The van der Waals surface area contributed by atoms with Crippen LogP contribution in [0.5, 0.6) is 0 Å². The molecule has 0 spiro atoms. The summed E-state index contributed by atoms with van der Waals surface area (Å²) in [6.07, 6.45) is 4.56. The molecule has 1 heterocycles. The van der Waals surface area contributed by atoms with Crippen molar-refractivity contribution in [3.05, 3.63) is 65.7 Å². The molecule has 1 amide bonds. The van der Waals surface area contributed by atoms with Gasteiger partial charge in [0.1, 0.15) is 0 Å². The van der Waals surface area contributed by atoms with Gasteiger partial charge in [0.15, 0.2) is 0 Å². The number of amides is 1. The SMILES string of the molecule is Nc1ccc(C(=O)N2CCC(CCc3ccccc3)CC2)cc1. The number of carbonyl (C=O) groups excluding carboxylic acids is 1. The Kier molecular flexibility index (Phi) is 4.96. The van der Waals surface area contributed by atoms with Gasteiger partial charge in [-0.15, -0.1) is 0 Å². The summed E-state index contributed by atoms with van der Waals surface area (Å²) in [4.78, 5) is 14.5. The van der Waals surface area contributed by atoms with Crippen LogP contribution in [0.1, 0.15) is 35.2 Å². The fourth-order valence-corrected chi connectivity index (χ4v) is 3.25. The van der Waals surface area contributed by atoms with Gasteiger partial charge in [-0.05, 0) is 61.4 Å². The van der Waals surface area contributed by atoms with Crippen LogP contribution < -0.4 is 5.73 Å². The van der Waals surface area contributed by atoms with Crippen molar-refractivity contribution < 1.29 is 4.79 Å². The van der Waals surface area contributed by atoms with Crippen LogP contribution in [0.25, 0.3) is 0 Å². The van der Waals surface area contributed by atoms with Crippen molar-refractivity contribution in [1.82, 2.24) is 4.90 Å². The maximum atomic E-state index is 12.5. The molecule has 3 nitrogen and oxygen atoms in total. The van der Waals surface area contributed by atoms with Gasteiger partial charge in [0.25, 0.3) is 5.91 Å². The van der Waals surface area contributed by atoms with E-state index in [9.17, 15) is 4.79 Å². The molecule has 2 aromatic rings. The second-order valence-electron chi connectivity index (χ2n) is 6.38. The van der Waals surface area contributed by atoms with Crippen LogP contribution >= 0.6 is 0 Å². The molecule has 3 heteroatoms. The first-order chi connectivity index (χ1) is 11.2. The Hall–Kier alpha value is -2.29. The number of nitrogens with zero attached hydrogens (tertiary/aromatic N) is 1. The number of aryl methyl sites for hydroxylation is 1. The highest BCUT2D eigenvalue weighted by atomic mass is 16.2. The lowest BCUT2D eigenvalue weighted by Gasteiger charge is -2.32. The van der Waals surface area contributed by atoms with E-state index in [-0.39, 0.29) is 5.91 Å². The van der Waals surface area contributed by atoms with E-state index in [2.05, 4.69) is 30.3 Å². The summed E-state index contributed by atoms with van der Waals surface area (Å²) in [6.45, 7) is 1.73. The summed E-state index contributed by atoms with van der Waals surface area (Å²) in [7, 11) is 0. The zero-order chi connectivity index (χ0) is 16.1. The highest BCUT2D eigenvalue weighted by Crippen LogP contribution is 2.23. The number of nitrogen functional groups attached to an aromatic ring is 1. The Balaban J connectivity index is 1.48. The van der Waals surface area contributed by atoms with Crippen LogP contribution in [0.4, 0.5) is 5.69 Å². The van der Waals surface area contributed by atoms with Gasteiger partial charge in [-0.2, -0.15) is 0 Å². The molecular weight excluding hydrogens is 284 g/mol. The van der Waals surface area contributed by atoms with Gasteiger partial charge < -0.3 is 10.6 Å². The summed E-state index contributed by atoms with van der Waals surface area (Å²) in [5.41, 5.74) is 8.52. The van der Waals surface area contributed by atoms with Crippen LogP contribution in [-0.2, 0) is 6.42 Å². The molecule has 120 valence electrons. The second-order valence-corrected chi connectivity index (χ2v) is 6.38. The standard InChI is InChI=1S/C20H24N2O/c21-19-10-8-18(9-11-19)20(23)22-14-12-17(13-15-22)7-6-16-4-2-1-3-5-16/h1-5,8-11,17H,6-7,12-15,21H2. The summed E-state index contributed by atoms with van der Waals surface area (Å²) in [5, 5.41) is 0. The Morgan fingerprint density at radius 1 is 1.00 bits per heavy atom. The molecule has 1 aliphatic rings. The normalized spacial score (nSPS) is 15.6. The molecule has 0 aliphatic carbocycles. The van der Waals surface area contributed by atoms with E-state index in [0.717, 1.165) is 43.8 Å². The average Bonchev–Trinajstić information content (AvgIpc) is 2.61. The third-order valence-electron chi connectivity index (χ3n) is 4.74. The van der Waals surface area contributed by atoms with E-state index >= 15 is 0 Å². The predicted octanol–water partition coefficient (Wildman–Crippen LogP) is 3.75. The predicted molar refractivity (Wildman–Crippen MR) is 94.2 cm³/mol. The van der Waals surface area contributed by atoms with Crippen LogP contribution in [0.15, 0.2) is 54.6 Å². The van der Waals surface area contributed by atoms with Gasteiger partial charge in [0, 0.05) is 24.3 Å². The number of piperidine rings is 1. The fourth-order valence-electron chi connectivity index (χ4n) is 3.25. The molecular formula is C20H24N2O. The van der Waals surface area contributed by atoms with Crippen LogP contribution in [0, 0.1) is 5.92 Å². The van der Waals surface area contributed by atoms with E-state index in [1.165, 1.54) is 12.0 Å². The highest BCUT2D eigenvalue weighted by Gasteiger charge is 2.23. The fraction of sp³-hybridized carbons (Fsp3) is 0.350. The van der Waals surface area contributed by atoms with Gasteiger partial charge in [0.2, 0.25) is 0 Å². The molecule has 0 saturated carbocycles. The maximum Gasteiger partial charge on any atom is 0.253 e. The largest absolute Gasteiger partial charge is 0.399 e. The lowest BCUT2D eigenvalue weighted by Crippen LogP contribution is -2.38. The molecule has 2 N–H and O–H groups in total. The third kappa shape index (κ3) is 4.13. The number of hydrogen-bond acceptors (Lipinski definition) is 2. The topological polar surface area (TPSA) is 46.3 Å². The summed E-state index contributed by atoms with van der Waals surface area (Å²) in [5.74, 6) is 0.859. The van der Waals surface area contributed by atoms with Crippen molar-refractivity contribution in [1.29, 1.82) is 0 Å². The molecule has 1 aliphatic heterocycles. The molecule has 2 aromatic carbocycles. The van der Waals surface area contributed by atoms with Crippen LogP contribution in [-0.4, -0.2) is 23.9 Å². The first-order valence-electron chi connectivity index (χ1n) is 8.41. The minimum Gasteiger partial charge on any atom is -0.399 e.